The molecule has 1 N–H and O–H groups in total. The normalized spacial score (nSPS) is 12.5. The van der Waals surface area contributed by atoms with Crippen LogP contribution < -0.4 is 9.62 Å². The van der Waals surface area contributed by atoms with Gasteiger partial charge in [-0.1, -0.05) is 54.9 Å². The van der Waals surface area contributed by atoms with Crippen LogP contribution in [0, 0.1) is 13.8 Å². The summed E-state index contributed by atoms with van der Waals surface area (Å²) in [6, 6.07) is 19.5. The summed E-state index contributed by atoms with van der Waals surface area (Å²) >= 11 is 6.07. The Labute approximate surface area is 243 Å². The molecule has 40 heavy (non-hydrogen) atoms. The average Bonchev–Trinajstić information content (AvgIpc) is 2.89. The van der Waals surface area contributed by atoms with E-state index in [-0.39, 0.29) is 17.3 Å². The molecule has 1 atom stereocenters. The Morgan fingerprint density at radius 1 is 0.925 bits per heavy atom. The van der Waals surface area contributed by atoms with E-state index in [0.717, 1.165) is 21.0 Å². The van der Waals surface area contributed by atoms with Gasteiger partial charge in [-0.05, 0) is 94.1 Å². The highest BCUT2D eigenvalue weighted by molar-refractivity contribution is 7.92. The molecule has 0 fully saturated rings. The topological polar surface area (TPSA) is 86.8 Å². The predicted molar refractivity (Wildman–Crippen MR) is 161 cm³/mol. The van der Waals surface area contributed by atoms with Gasteiger partial charge in [0.1, 0.15) is 12.6 Å². The third-order valence-corrected chi connectivity index (χ3v) is 8.58. The summed E-state index contributed by atoms with van der Waals surface area (Å²) in [6.45, 7) is 10.9. The number of halogens is 1. The summed E-state index contributed by atoms with van der Waals surface area (Å²) in [6.07, 6.45) is 0.344. The van der Waals surface area contributed by atoms with Gasteiger partial charge in [0.15, 0.2) is 0 Å². The maximum atomic E-state index is 14.1. The van der Waals surface area contributed by atoms with Crippen LogP contribution in [-0.2, 0) is 26.2 Å². The van der Waals surface area contributed by atoms with Crippen molar-refractivity contribution in [3.05, 3.63) is 94.5 Å². The number of benzene rings is 3. The van der Waals surface area contributed by atoms with Crippen molar-refractivity contribution in [3.63, 3.8) is 0 Å². The fourth-order valence-electron chi connectivity index (χ4n) is 4.29. The van der Waals surface area contributed by atoms with Gasteiger partial charge < -0.3 is 10.2 Å². The highest BCUT2D eigenvalue weighted by Gasteiger charge is 2.34. The van der Waals surface area contributed by atoms with Gasteiger partial charge in [-0.15, -0.1) is 0 Å². The minimum Gasteiger partial charge on any atom is -0.350 e. The molecule has 0 aliphatic carbocycles. The van der Waals surface area contributed by atoms with Crippen molar-refractivity contribution in [1.29, 1.82) is 0 Å². The van der Waals surface area contributed by atoms with Crippen LogP contribution in [0.15, 0.2) is 77.7 Å². The molecule has 0 heterocycles. The Morgan fingerprint density at radius 3 is 2.10 bits per heavy atom. The minimum atomic E-state index is -4.10. The highest BCUT2D eigenvalue weighted by Crippen LogP contribution is 2.27. The third-order valence-electron chi connectivity index (χ3n) is 6.54. The SMILES string of the molecule is CCC(C(=O)NC(C)(C)C)N(Cc1ccc(Cl)cc1)C(=O)CN(c1ccc(C)c(C)c1)S(=O)(=O)c1ccccc1. The van der Waals surface area contributed by atoms with Crippen LogP contribution in [0.3, 0.4) is 0 Å². The number of nitrogens with one attached hydrogen (secondary N) is 1. The molecule has 7 nitrogen and oxygen atoms in total. The summed E-state index contributed by atoms with van der Waals surface area (Å²) in [7, 11) is -4.10. The first-order valence-electron chi connectivity index (χ1n) is 13.2. The fraction of sp³-hybridized carbons (Fsp3) is 0.355. The Morgan fingerprint density at radius 2 is 1.55 bits per heavy atom. The van der Waals surface area contributed by atoms with Crippen LogP contribution in [0.1, 0.15) is 50.8 Å². The van der Waals surface area contributed by atoms with E-state index in [9.17, 15) is 18.0 Å². The van der Waals surface area contributed by atoms with Crippen molar-refractivity contribution in [2.45, 2.75) is 71.0 Å². The van der Waals surface area contributed by atoms with Gasteiger partial charge in [0.05, 0.1) is 10.6 Å². The van der Waals surface area contributed by atoms with Crippen LogP contribution in [0.4, 0.5) is 5.69 Å². The lowest BCUT2D eigenvalue weighted by Crippen LogP contribution is -2.55. The Hall–Kier alpha value is -3.36. The van der Waals surface area contributed by atoms with Crippen LogP contribution in [-0.4, -0.2) is 43.3 Å². The maximum Gasteiger partial charge on any atom is 0.264 e. The van der Waals surface area contributed by atoms with Gasteiger partial charge in [-0.2, -0.15) is 0 Å². The predicted octanol–water partition coefficient (Wildman–Crippen LogP) is 5.87. The Balaban J connectivity index is 2.08. The molecule has 3 rings (SSSR count). The van der Waals surface area contributed by atoms with Gasteiger partial charge in [0.2, 0.25) is 11.8 Å². The van der Waals surface area contributed by atoms with Gasteiger partial charge >= 0.3 is 0 Å². The number of sulfonamides is 1. The summed E-state index contributed by atoms with van der Waals surface area (Å²) in [5.41, 5.74) is 2.53. The lowest BCUT2D eigenvalue weighted by molar-refractivity contribution is -0.141. The smallest absolute Gasteiger partial charge is 0.264 e. The van der Waals surface area contributed by atoms with Crippen molar-refractivity contribution in [2.24, 2.45) is 0 Å². The number of anilines is 1. The van der Waals surface area contributed by atoms with Crippen molar-refractivity contribution >= 4 is 39.1 Å². The molecule has 0 spiro atoms. The van der Waals surface area contributed by atoms with Gasteiger partial charge in [-0.3, -0.25) is 13.9 Å². The summed E-state index contributed by atoms with van der Waals surface area (Å²) < 4.78 is 28.9. The number of hydrogen-bond donors (Lipinski definition) is 1. The van der Waals surface area contributed by atoms with E-state index in [1.54, 1.807) is 54.6 Å². The second-order valence-corrected chi connectivity index (χ2v) is 13.2. The Bertz CT molecular complexity index is 1440. The van der Waals surface area contributed by atoms with Gasteiger partial charge in [0.25, 0.3) is 10.0 Å². The van der Waals surface area contributed by atoms with E-state index < -0.39 is 34.1 Å². The van der Waals surface area contributed by atoms with Crippen molar-refractivity contribution in [3.8, 4) is 0 Å². The number of nitrogens with zero attached hydrogens (tertiary/aromatic N) is 2. The first-order chi connectivity index (χ1) is 18.7. The number of aryl methyl sites for hydroxylation is 2. The van der Waals surface area contributed by atoms with E-state index in [4.69, 9.17) is 11.6 Å². The number of carbonyl (C=O) groups is 2. The fourth-order valence-corrected chi connectivity index (χ4v) is 5.84. The average molecular weight is 584 g/mol. The number of amides is 2. The van der Waals surface area contributed by atoms with E-state index in [0.29, 0.717) is 17.1 Å². The van der Waals surface area contributed by atoms with Gasteiger partial charge in [-0.25, -0.2) is 8.42 Å². The largest absolute Gasteiger partial charge is 0.350 e. The second-order valence-electron chi connectivity index (χ2n) is 10.9. The first-order valence-corrected chi connectivity index (χ1v) is 15.1. The number of rotatable bonds is 10. The van der Waals surface area contributed by atoms with Crippen LogP contribution in [0.5, 0.6) is 0 Å². The quantitative estimate of drug-likeness (QED) is 0.323. The molecular formula is C31H38ClN3O4S. The zero-order valence-corrected chi connectivity index (χ0v) is 25.5. The van der Waals surface area contributed by atoms with Crippen LogP contribution in [0.2, 0.25) is 5.02 Å². The lowest BCUT2D eigenvalue weighted by Gasteiger charge is -2.35. The molecule has 0 saturated carbocycles. The molecule has 0 saturated heterocycles. The molecule has 0 aliphatic rings. The molecular weight excluding hydrogens is 546 g/mol. The van der Waals surface area contributed by atoms with Gasteiger partial charge in [0, 0.05) is 17.1 Å². The molecule has 0 aromatic heterocycles. The second kappa shape index (κ2) is 12.9. The third kappa shape index (κ3) is 7.86. The molecule has 0 radical (unpaired) electrons. The van der Waals surface area contributed by atoms with E-state index in [1.807, 2.05) is 47.6 Å². The van der Waals surface area contributed by atoms with E-state index in [1.165, 1.54) is 17.0 Å². The zero-order valence-electron chi connectivity index (χ0n) is 23.9. The van der Waals surface area contributed by atoms with Crippen molar-refractivity contribution in [1.82, 2.24) is 10.2 Å². The number of hydrogen-bond acceptors (Lipinski definition) is 4. The summed E-state index contributed by atoms with van der Waals surface area (Å²) in [5, 5.41) is 3.52. The molecule has 2 amide bonds. The Kier molecular flexibility index (Phi) is 10.0. The maximum absolute atomic E-state index is 14.1. The van der Waals surface area contributed by atoms with Crippen LogP contribution in [0.25, 0.3) is 0 Å². The molecule has 0 bridgehead atoms. The lowest BCUT2D eigenvalue weighted by atomic mass is 10.1. The van der Waals surface area contributed by atoms with Crippen LogP contribution >= 0.6 is 11.6 Å². The summed E-state index contributed by atoms with van der Waals surface area (Å²) in [4.78, 5) is 29.0. The molecule has 0 aliphatic heterocycles. The molecule has 214 valence electrons. The molecule has 1 unspecified atom stereocenters. The monoisotopic (exact) mass is 583 g/mol. The molecule has 3 aromatic rings. The number of carbonyl (C=O) groups excluding carboxylic acids is 2. The van der Waals surface area contributed by atoms with Crippen molar-refractivity contribution < 1.29 is 18.0 Å². The van der Waals surface area contributed by atoms with Crippen molar-refractivity contribution in [2.75, 3.05) is 10.8 Å². The van der Waals surface area contributed by atoms with E-state index in [2.05, 4.69) is 5.32 Å². The standard InChI is InChI=1S/C31H38ClN3O4S/c1-7-28(30(37)33-31(4,5)6)34(20-24-14-16-25(32)17-15-24)29(36)21-35(26-18-13-22(2)23(3)19-26)40(38,39)27-11-9-8-10-12-27/h8-19,28H,7,20-21H2,1-6H3,(H,33,37). The summed E-state index contributed by atoms with van der Waals surface area (Å²) in [5.74, 6) is -0.801. The first kappa shape index (κ1) is 31.2. The zero-order chi connectivity index (χ0) is 29.7. The highest BCUT2D eigenvalue weighted by atomic mass is 35.5. The minimum absolute atomic E-state index is 0.0720. The molecule has 9 heteroatoms. The van der Waals surface area contributed by atoms with E-state index >= 15 is 0 Å². The molecule has 3 aromatic carbocycles.